The summed E-state index contributed by atoms with van der Waals surface area (Å²) in [4.78, 5) is 22.0. The second-order valence-corrected chi connectivity index (χ2v) is 6.40. The molecule has 2 aliphatic heterocycles. The van der Waals surface area contributed by atoms with Crippen molar-refractivity contribution in [2.45, 2.75) is 38.0 Å². The predicted octanol–water partition coefficient (Wildman–Crippen LogP) is 0.209. The largest absolute Gasteiger partial charge is 0.390 e. The van der Waals surface area contributed by atoms with Crippen LogP contribution in [0.2, 0.25) is 0 Å². The number of aromatic nitrogens is 4. The topological polar surface area (TPSA) is 96.3 Å². The SMILES string of the molecule is CC(c1nc2c(cnn2C2CCOCC2)c(=O)[nH]1)N1CC(O)C1. The van der Waals surface area contributed by atoms with Crippen molar-refractivity contribution in [1.29, 1.82) is 0 Å². The van der Waals surface area contributed by atoms with E-state index in [1.807, 2.05) is 11.6 Å². The third-order valence-corrected chi connectivity index (χ3v) is 4.85. The first-order chi connectivity index (χ1) is 11.1. The van der Waals surface area contributed by atoms with Gasteiger partial charge < -0.3 is 14.8 Å². The van der Waals surface area contributed by atoms with Gasteiger partial charge in [-0.25, -0.2) is 9.67 Å². The van der Waals surface area contributed by atoms with E-state index >= 15 is 0 Å². The molecule has 2 fully saturated rings. The monoisotopic (exact) mass is 319 g/mol. The van der Waals surface area contributed by atoms with Gasteiger partial charge in [-0.15, -0.1) is 0 Å². The van der Waals surface area contributed by atoms with Crippen molar-refractivity contribution in [2.24, 2.45) is 0 Å². The first-order valence-electron chi connectivity index (χ1n) is 8.11. The molecule has 2 N–H and O–H groups in total. The number of likely N-dealkylation sites (tertiary alicyclic amines) is 1. The number of hydrogen-bond donors (Lipinski definition) is 2. The quantitative estimate of drug-likeness (QED) is 0.839. The second-order valence-electron chi connectivity index (χ2n) is 6.40. The Kier molecular flexibility index (Phi) is 3.67. The summed E-state index contributed by atoms with van der Waals surface area (Å²) < 4.78 is 7.27. The molecule has 0 spiro atoms. The Hall–Kier alpha value is -1.77. The summed E-state index contributed by atoms with van der Waals surface area (Å²) in [6.45, 7) is 4.64. The minimum Gasteiger partial charge on any atom is -0.390 e. The van der Waals surface area contributed by atoms with Crippen LogP contribution in [0, 0.1) is 0 Å². The average molecular weight is 319 g/mol. The molecule has 1 unspecified atom stereocenters. The van der Waals surface area contributed by atoms with E-state index in [2.05, 4.69) is 20.0 Å². The van der Waals surface area contributed by atoms with Gasteiger partial charge in [0.1, 0.15) is 11.2 Å². The zero-order chi connectivity index (χ0) is 16.0. The third-order valence-electron chi connectivity index (χ3n) is 4.85. The van der Waals surface area contributed by atoms with E-state index in [-0.39, 0.29) is 23.7 Å². The van der Waals surface area contributed by atoms with Crippen LogP contribution in [0.1, 0.15) is 37.7 Å². The summed E-state index contributed by atoms with van der Waals surface area (Å²) in [6, 6.07) is 0.193. The minimum atomic E-state index is -0.277. The molecule has 0 aromatic carbocycles. The highest BCUT2D eigenvalue weighted by Crippen LogP contribution is 2.26. The number of hydrogen-bond acceptors (Lipinski definition) is 6. The van der Waals surface area contributed by atoms with E-state index in [1.54, 1.807) is 6.20 Å². The molecule has 0 saturated carbocycles. The predicted molar refractivity (Wildman–Crippen MR) is 83.2 cm³/mol. The van der Waals surface area contributed by atoms with Gasteiger partial charge in [0.25, 0.3) is 5.56 Å². The summed E-state index contributed by atoms with van der Waals surface area (Å²) >= 11 is 0. The van der Waals surface area contributed by atoms with Crippen LogP contribution in [0.3, 0.4) is 0 Å². The Morgan fingerprint density at radius 2 is 2.13 bits per heavy atom. The highest BCUT2D eigenvalue weighted by Gasteiger charge is 2.31. The van der Waals surface area contributed by atoms with Crippen molar-refractivity contribution in [3.63, 3.8) is 0 Å². The van der Waals surface area contributed by atoms with Gasteiger partial charge in [-0.1, -0.05) is 0 Å². The van der Waals surface area contributed by atoms with E-state index in [0.29, 0.717) is 43.2 Å². The molecule has 2 saturated heterocycles. The number of aromatic amines is 1. The van der Waals surface area contributed by atoms with Crippen LogP contribution in [-0.4, -0.2) is 62.2 Å². The average Bonchev–Trinajstić information content (AvgIpc) is 2.96. The molecule has 2 aliphatic rings. The molecule has 4 rings (SSSR count). The summed E-state index contributed by atoms with van der Waals surface area (Å²) in [5.41, 5.74) is 0.486. The van der Waals surface area contributed by atoms with Crippen molar-refractivity contribution in [1.82, 2.24) is 24.6 Å². The fourth-order valence-corrected chi connectivity index (χ4v) is 3.32. The van der Waals surface area contributed by atoms with Crippen molar-refractivity contribution in [2.75, 3.05) is 26.3 Å². The number of ether oxygens (including phenoxy) is 1. The van der Waals surface area contributed by atoms with E-state index in [1.165, 1.54) is 0 Å². The highest BCUT2D eigenvalue weighted by molar-refractivity contribution is 5.73. The first-order valence-corrected chi connectivity index (χ1v) is 8.11. The van der Waals surface area contributed by atoms with Crippen LogP contribution in [0.5, 0.6) is 0 Å². The maximum absolute atomic E-state index is 12.4. The maximum Gasteiger partial charge on any atom is 0.262 e. The Labute approximate surface area is 133 Å². The van der Waals surface area contributed by atoms with Crippen LogP contribution in [0.4, 0.5) is 0 Å². The van der Waals surface area contributed by atoms with Crippen LogP contribution < -0.4 is 5.56 Å². The Morgan fingerprint density at radius 3 is 2.83 bits per heavy atom. The van der Waals surface area contributed by atoms with Gasteiger partial charge in [-0.2, -0.15) is 5.10 Å². The molecular weight excluding hydrogens is 298 g/mol. The fraction of sp³-hybridized carbons (Fsp3) is 0.667. The maximum atomic E-state index is 12.4. The van der Waals surface area contributed by atoms with Gasteiger partial charge in [-0.3, -0.25) is 9.69 Å². The summed E-state index contributed by atoms with van der Waals surface area (Å²) in [6.07, 6.45) is 3.09. The van der Waals surface area contributed by atoms with E-state index in [9.17, 15) is 9.90 Å². The first kappa shape index (κ1) is 14.8. The van der Waals surface area contributed by atoms with Crippen LogP contribution >= 0.6 is 0 Å². The zero-order valence-corrected chi connectivity index (χ0v) is 13.1. The molecular formula is C15H21N5O3. The molecule has 0 amide bonds. The van der Waals surface area contributed by atoms with Gasteiger partial charge in [0.15, 0.2) is 5.65 Å². The standard InChI is InChI=1S/C15H21N5O3/c1-9(19-7-11(21)8-19)13-17-14-12(15(22)18-13)6-16-20(14)10-2-4-23-5-3-10/h6,9-11,21H,2-5,7-8H2,1H3,(H,17,18,22). The van der Waals surface area contributed by atoms with Gasteiger partial charge in [0, 0.05) is 26.3 Å². The number of β-amino-alcohol motifs (C(OH)–C–C–N with tert-alkyl or cyclic N) is 1. The second kappa shape index (κ2) is 5.70. The molecule has 0 aliphatic carbocycles. The van der Waals surface area contributed by atoms with E-state index < -0.39 is 0 Å². The third kappa shape index (κ3) is 2.56. The van der Waals surface area contributed by atoms with Crippen LogP contribution in [0.15, 0.2) is 11.0 Å². The normalized spacial score (nSPS) is 22.3. The Balaban J connectivity index is 1.71. The lowest BCUT2D eigenvalue weighted by Crippen LogP contribution is -2.51. The smallest absolute Gasteiger partial charge is 0.262 e. The summed E-state index contributed by atoms with van der Waals surface area (Å²) in [5.74, 6) is 0.628. The highest BCUT2D eigenvalue weighted by atomic mass is 16.5. The molecule has 124 valence electrons. The Morgan fingerprint density at radius 1 is 1.39 bits per heavy atom. The van der Waals surface area contributed by atoms with Crippen molar-refractivity contribution in [3.05, 3.63) is 22.4 Å². The molecule has 4 heterocycles. The van der Waals surface area contributed by atoms with Gasteiger partial charge >= 0.3 is 0 Å². The van der Waals surface area contributed by atoms with Gasteiger partial charge in [-0.05, 0) is 19.8 Å². The molecule has 0 bridgehead atoms. The van der Waals surface area contributed by atoms with E-state index in [4.69, 9.17) is 4.74 Å². The minimum absolute atomic E-state index is 0.0338. The lowest BCUT2D eigenvalue weighted by atomic mass is 10.1. The van der Waals surface area contributed by atoms with Crippen molar-refractivity contribution < 1.29 is 9.84 Å². The number of aliphatic hydroxyl groups is 1. The number of nitrogens with one attached hydrogen (secondary N) is 1. The van der Waals surface area contributed by atoms with Gasteiger partial charge in [0.2, 0.25) is 0 Å². The number of fused-ring (bicyclic) bond motifs is 1. The number of rotatable bonds is 3. The van der Waals surface area contributed by atoms with E-state index in [0.717, 1.165) is 12.8 Å². The number of nitrogens with zero attached hydrogens (tertiary/aromatic N) is 4. The Bertz CT molecular complexity index is 758. The molecule has 2 aromatic heterocycles. The van der Waals surface area contributed by atoms with Crippen molar-refractivity contribution >= 4 is 11.0 Å². The fourth-order valence-electron chi connectivity index (χ4n) is 3.32. The number of aliphatic hydroxyl groups excluding tert-OH is 1. The molecule has 8 nitrogen and oxygen atoms in total. The molecule has 2 aromatic rings. The summed E-state index contributed by atoms with van der Waals surface area (Å²) in [5, 5.41) is 14.4. The summed E-state index contributed by atoms with van der Waals surface area (Å²) in [7, 11) is 0. The molecule has 23 heavy (non-hydrogen) atoms. The van der Waals surface area contributed by atoms with Crippen LogP contribution in [-0.2, 0) is 4.74 Å². The zero-order valence-electron chi connectivity index (χ0n) is 13.1. The van der Waals surface area contributed by atoms with Crippen LogP contribution in [0.25, 0.3) is 11.0 Å². The lowest BCUT2D eigenvalue weighted by Gasteiger charge is -2.39. The molecule has 8 heteroatoms. The number of H-pyrrole nitrogens is 1. The lowest BCUT2D eigenvalue weighted by molar-refractivity contribution is -0.0230. The van der Waals surface area contributed by atoms with Crippen molar-refractivity contribution in [3.8, 4) is 0 Å². The molecule has 1 atom stereocenters. The van der Waals surface area contributed by atoms with Gasteiger partial charge in [0.05, 0.1) is 24.4 Å². The molecule has 0 radical (unpaired) electrons.